The van der Waals surface area contributed by atoms with Crippen molar-refractivity contribution in [1.29, 1.82) is 0 Å². The highest BCUT2D eigenvalue weighted by molar-refractivity contribution is 7.89. The van der Waals surface area contributed by atoms with Crippen LogP contribution in [0.25, 0.3) is 0 Å². The number of piperazine rings is 1. The largest absolute Gasteiger partial charge is 0.389 e. The molecule has 1 aromatic rings. The van der Waals surface area contributed by atoms with Gasteiger partial charge in [0.2, 0.25) is 10.0 Å². The third kappa shape index (κ3) is 3.08. The second-order valence-electron chi connectivity index (χ2n) is 5.17. The van der Waals surface area contributed by atoms with Crippen LogP contribution in [-0.2, 0) is 10.0 Å². The first-order valence-corrected chi connectivity index (χ1v) is 8.38. The Kier molecular flexibility index (Phi) is 4.62. The number of hydrogen-bond acceptors (Lipinski definition) is 4. The van der Waals surface area contributed by atoms with Crippen LogP contribution in [0.15, 0.2) is 23.1 Å². The smallest absolute Gasteiger partial charge is 0.243 e. The van der Waals surface area contributed by atoms with Crippen LogP contribution in [-0.4, -0.2) is 55.3 Å². The third-order valence-electron chi connectivity index (χ3n) is 3.76. The SMILES string of the molecule is CC1CN(S(=O)(=O)c2cccc(F)c2C(N)=S)CCN1C. The van der Waals surface area contributed by atoms with Gasteiger partial charge in [0.1, 0.15) is 10.8 Å². The fourth-order valence-electron chi connectivity index (χ4n) is 2.33. The van der Waals surface area contributed by atoms with Gasteiger partial charge < -0.3 is 10.6 Å². The van der Waals surface area contributed by atoms with E-state index in [1.54, 1.807) is 0 Å². The number of benzene rings is 1. The van der Waals surface area contributed by atoms with Crippen LogP contribution in [0.4, 0.5) is 4.39 Å². The van der Waals surface area contributed by atoms with E-state index >= 15 is 0 Å². The van der Waals surface area contributed by atoms with Crippen LogP contribution in [0.1, 0.15) is 12.5 Å². The minimum Gasteiger partial charge on any atom is -0.389 e. The summed E-state index contributed by atoms with van der Waals surface area (Å²) < 4.78 is 40.7. The van der Waals surface area contributed by atoms with Gasteiger partial charge in [0.05, 0.1) is 10.5 Å². The van der Waals surface area contributed by atoms with E-state index in [1.807, 2.05) is 14.0 Å². The van der Waals surface area contributed by atoms with Crippen molar-refractivity contribution in [2.45, 2.75) is 17.9 Å². The molecule has 1 aliphatic rings. The molecular weight excluding hydrogens is 313 g/mol. The summed E-state index contributed by atoms with van der Waals surface area (Å²) in [6.07, 6.45) is 0. The van der Waals surface area contributed by atoms with E-state index in [1.165, 1.54) is 16.4 Å². The van der Waals surface area contributed by atoms with Crippen molar-refractivity contribution in [3.63, 3.8) is 0 Å². The number of halogens is 1. The summed E-state index contributed by atoms with van der Waals surface area (Å²) in [5.41, 5.74) is 5.28. The van der Waals surface area contributed by atoms with Gasteiger partial charge in [-0.05, 0) is 26.1 Å². The lowest BCUT2D eigenvalue weighted by molar-refractivity contribution is 0.159. The fourth-order valence-corrected chi connectivity index (χ4v) is 4.33. The maximum atomic E-state index is 13.9. The number of thiocarbonyl (C=S) groups is 1. The van der Waals surface area contributed by atoms with Gasteiger partial charge in [0.25, 0.3) is 0 Å². The minimum atomic E-state index is -3.82. The molecule has 1 atom stereocenters. The summed E-state index contributed by atoms with van der Waals surface area (Å²) in [7, 11) is -1.88. The highest BCUT2D eigenvalue weighted by Crippen LogP contribution is 2.24. The maximum absolute atomic E-state index is 13.9. The van der Waals surface area contributed by atoms with E-state index in [4.69, 9.17) is 18.0 Å². The first-order chi connectivity index (χ1) is 9.75. The fraction of sp³-hybridized carbons (Fsp3) is 0.462. The van der Waals surface area contributed by atoms with E-state index in [-0.39, 0.29) is 21.5 Å². The lowest BCUT2D eigenvalue weighted by Gasteiger charge is -2.37. The molecule has 0 aromatic heterocycles. The number of sulfonamides is 1. The van der Waals surface area contributed by atoms with Crippen molar-refractivity contribution in [3.05, 3.63) is 29.6 Å². The lowest BCUT2D eigenvalue weighted by atomic mass is 10.2. The summed E-state index contributed by atoms with van der Waals surface area (Å²) in [6, 6.07) is 3.94. The van der Waals surface area contributed by atoms with E-state index in [0.29, 0.717) is 19.6 Å². The summed E-state index contributed by atoms with van der Waals surface area (Å²) in [5.74, 6) is -0.717. The zero-order valence-corrected chi connectivity index (χ0v) is 13.5. The van der Waals surface area contributed by atoms with Crippen molar-refractivity contribution >= 4 is 27.2 Å². The normalized spacial score (nSPS) is 21.4. The van der Waals surface area contributed by atoms with Gasteiger partial charge in [-0.3, -0.25) is 0 Å². The zero-order chi connectivity index (χ0) is 15.8. The van der Waals surface area contributed by atoms with Crippen LogP contribution >= 0.6 is 12.2 Å². The molecule has 116 valence electrons. The quantitative estimate of drug-likeness (QED) is 0.830. The van der Waals surface area contributed by atoms with Crippen molar-refractivity contribution in [2.75, 3.05) is 26.7 Å². The Morgan fingerprint density at radius 1 is 1.43 bits per heavy atom. The van der Waals surface area contributed by atoms with Crippen LogP contribution in [0.2, 0.25) is 0 Å². The standard InChI is InChI=1S/C13H18FN3O2S2/c1-9-8-17(7-6-16(9)2)21(18,19)11-5-3-4-10(14)12(11)13(15)20/h3-5,9H,6-8H2,1-2H3,(H2,15,20). The Bertz CT molecular complexity index is 663. The molecule has 0 aliphatic carbocycles. The molecule has 1 aliphatic heterocycles. The number of nitrogens with two attached hydrogens (primary N) is 1. The highest BCUT2D eigenvalue weighted by atomic mass is 32.2. The Balaban J connectivity index is 2.46. The van der Waals surface area contributed by atoms with Crippen molar-refractivity contribution in [2.24, 2.45) is 5.73 Å². The zero-order valence-electron chi connectivity index (χ0n) is 11.9. The molecule has 5 nitrogen and oxygen atoms in total. The van der Waals surface area contributed by atoms with Crippen molar-refractivity contribution in [3.8, 4) is 0 Å². The van der Waals surface area contributed by atoms with Gasteiger partial charge in [-0.1, -0.05) is 18.3 Å². The summed E-state index contributed by atoms with van der Waals surface area (Å²) in [5, 5.41) is 0. The van der Waals surface area contributed by atoms with Crippen LogP contribution < -0.4 is 5.73 Å². The molecule has 1 aromatic carbocycles. The molecule has 0 saturated carbocycles. The Hall–Kier alpha value is -1.09. The molecule has 21 heavy (non-hydrogen) atoms. The van der Waals surface area contributed by atoms with Gasteiger partial charge in [-0.2, -0.15) is 4.31 Å². The Morgan fingerprint density at radius 2 is 2.10 bits per heavy atom. The molecule has 8 heteroatoms. The van der Waals surface area contributed by atoms with Gasteiger partial charge >= 0.3 is 0 Å². The van der Waals surface area contributed by atoms with Crippen LogP contribution in [0, 0.1) is 5.82 Å². The predicted molar refractivity (Wildman–Crippen MR) is 83.1 cm³/mol. The average Bonchev–Trinajstić information content (AvgIpc) is 2.41. The second kappa shape index (κ2) is 5.96. The first-order valence-electron chi connectivity index (χ1n) is 6.54. The van der Waals surface area contributed by atoms with E-state index in [0.717, 1.165) is 6.07 Å². The molecule has 1 heterocycles. The van der Waals surface area contributed by atoms with E-state index in [2.05, 4.69) is 4.90 Å². The molecule has 1 unspecified atom stereocenters. The first kappa shape index (κ1) is 16.3. The summed E-state index contributed by atoms with van der Waals surface area (Å²) >= 11 is 4.80. The molecule has 0 bridgehead atoms. The number of hydrogen-bond donors (Lipinski definition) is 1. The highest BCUT2D eigenvalue weighted by Gasteiger charge is 2.33. The number of rotatable bonds is 3. The lowest BCUT2D eigenvalue weighted by Crippen LogP contribution is -2.52. The number of likely N-dealkylation sites (N-methyl/N-ethyl adjacent to an activating group) is 1. The van der Waals surface area contributed by atoms with Crippen LogP contribution in [0.3, 0.4) is 0 Å². The molecule has 0 spiro atoms. The van der Waals surface area contributed by atoms with Gasteiger partial charge in [0, 0.05) is 25.7 Å². The monoisotopic (exact) mass is 331 g/mol. The molecule has 0 radical (unpaired) electrons. The van der Waals surface area contributed by atoms with Gasteiger partial charge in [0.15, 0.2) is 0 Å². The molecule has 2 N–H and O–H groups in total. The van der Waals surface area contributed by atoms with E-state index in [9.17, 15) is 12.8 Å². The summed E-state index contributed by atoms with van der Waals surface area (Å²) in [6.45, 7) is 3.28. The van der Waals surface area contributed by atoms with Gasteiger partial charge in [-0.15, -0.1) is 0 Å². The minimum absolute atomic E-state index is 0.0929. The number of nitrogens with zero attached hydrogens (tertiary/aromatic N) is 2. The topological polar surface area (TPSA) is 66.6 Å². The average molecular weight is 331 g/mol. The molecule has 2 rings (SSSR count). The van der Waals surface area contributed by atoms with E-state index < -0.39 is 15.8 Å². The second-order valence-corrected chi connectivity index (χ2v) is 7.52. The van der Waals surface area contributed by atoms with Crippen LogP contribution in [0.5, 0.6) is 0 Å². The molecule has 1 fully saturated rings. The molecule has 0 amide bonds. The van der Waals surface area contributed by atoms with Crippen molar-refractivity contribution < 1.29 is 12.8 Å². The maximum Gasteiger partial charge on any atom is 0.243 e. The predicted octanol–water partition coefficient (Wildman–Crippen LogP) is 0.785. The summed E-state index contributed by atoms with van der Waals surface area (Å²) in [4.78, 5) is 1.66. The Morgan fingerprint density at radius 3 is 2.67 bits per heavy atom. The Labute approximate surface area is 129 Å². The molecular formula is C13H18FN3O2S2. The van der Waals surface area contributed by atoms with Gasteiger partial charge in [-0.25, -0.2) is 12.8 Å². The molecule has 1 saturated heterocycles. The van der Waals surface area contributed by atoms with Crippen molar-refractivity contribution in [1.82, 2.24) is 9.21 Å². The third-order valence-corrected chi connectivity index (χ3v) is 5.87.